The van der Waals surface area contributed by atoms with Gasteiger partial charge in [0, 0.05) is 27.3 Å². The van der Waals surface area contributed by atoms with E-state index in [1.807, 2.05) is 66.7 Å². The van der Waals surface area contributed by atoms with E-state index in [2.05, 4.69) is 0 Å². The zero-order valence-electron chi connectivity index (χ0n) is 12.0. The maximum atomic E-state index is 12.8. The number of fused-ring (bicyclic) bond motifs is 2. The Kier molecular flexibility index (Phi) is 3.37. The van der Waals surface area contributed by atoms with Crippen LogP contribution in [-0.4, -0.2) is 10.6 Å². The van der Waals surface area contributed by atoms with E-state index in [4.69, 9.17) is 23.8 Å². The highest BCUT2D eigenvalue weighted by molar-refractivity contribution is 7.81. The molecule has 0 spiro atoms. The van der Waals surface area contributed by atoms with Crippen LogP contribution in [-0.2, 0) is 0 Å². The van der Waals surface area contributed by atoms with Crippen molar-refractivity contribution < 1.29 is 4.79 Å². The van der Waals surface area contributed by atoms with Crippen LogP contribution < -0.4 is 0 Å². The molecule has 3 aromatic rings. The first-order valence-corrected chi connectivity index (χ1v) is 8.03. The third-order valence-electron chi connectivity index (χ3n) is 4.11. The first-order chi connectivity index (χ1) is 11.2. The number of rotatable bonds is 1. The molecular formula is C20H11ClOS. The third kappa shape index (κ3) is 2.23. The van der Waals surface area contributed by atoms with Gasteiger partial charge in [0.15, 0.2) is 5.78 Å². The maximum absolute atomic E-state index is 12.8. The van der Waals surface area contributed by atoms with Crippen molar-refractivity contribution >= 4 is 34.5 Å². The number of benzene rings is 3. The summed E-state index contributed by atoms with van der Waals surface area (Å²) in [5, 5.41) is 0.683. The summed E-state index contributed by atoms with van der Waals surface area (Å²) in [6.45, 7) is 0. The van der Waals surface area contributed by atoms with Crippen LogP contribution >= 0.6 is 23.8 Å². The lowest BCUT2D eigenvalue weighted by molar-refractivity contribution is 0.103. The zero-order valence-corrected chi connectivity index (χ0v) is 13.6. The highest BCUT2D eigenvalue weighted by Gasteiger charge is 2.28. The number of carbonyl (C=O) groups is 1. The topological polar surface area (TPSA) is 17.1 Å². The molecule has 0 bridgehead atoms. The number of hydrogen-bond acceptors (Lipinski definition) is 2. The molecule has 3 aromatic carbocycles. The molecule has 0 N–H and O–H groups in total. The van der Waals surface area contributed by atoms with Crippen molar-refractivity contribution in [3.05, 3.63) is 94.0 Å². The Morgan fingerprint density at radius 1 is 0.696 bits per heavy atom. The highest BCUT2D eigenvalue weighted by atomic mass is 35.5. The molecule has 3 heteroatoms. The first kappa shape index (κ1) is 14.3. The van der Waals surface area contributed by atoms with Gasteiger partial charge in [-0.2, -0.15) is 0 Å². The van der Waals surface area contributed by atoms with Gasteiger partial charge in [-0.1, -0.05) is 78.4 Å². The molecule has 1 nitrogen and oxygen atoms in total. The zero-order chi connectivity index (χ0) is 16.0. The van der Waals surface area contributed by atoms with Gasteiger partial charge in [0.05, 0.1) is 4.86 Å². The molecule has 4 rings (SSSR count). The minimum atomic E-state index is 0.0278. The molecule has 0 aromatic heterocycles. The van der Waals surface area contributed by atoms with Gasteiger partial charge in [-0.05, 0) is 23.3 Å². The average Bonchev–Trinajstić information content (AvgIpc) is 2.60. The van der Waals surface area contributed by atoms with E-state index in [1.165, 1.54) is 0 Å². The molecular weight excluding hydrogens is 324 g/mol. The molecule has 0 atom stereocenters. The van der Waals surface area contributed by atoms with Crippen molar-refractivity contribution in [3.63, 3.8) is 0 Å². The van der Waals surface area contributed by atoms with Gasteiger partial charge in [-0.25, -0.2) is 0 Å². The first-order valence-electron chi connectivity index (χ1n) is 7.24. The van der Waals surface area contributed by atoms with Crippen LogP contribution in [0.3, 0.4) is 0 Å². The number of thiocarbonyl (C=S) groups is 1. The Labute approximate surface area is 144 Å². The van der Waals surface area contributed by atoms with E-state index < -0.39 is 0 Å². The fraction of sp³-hybridized carbons (Fsp3) is 0. The Morgan fingerprint density at radius 2 is 1.30 bits per heavy atom. The standard InChI is InChI=1S/C20H11ClOS/c21-13-10-8-12(9-11-13)14-6-3-7-17-18(14)20(23)16-5-2-1-4-15(16)19(17)22/h1-11H. The van der Waals surface area contributed by atoms with Crippen LogP contribution in [0.4, 0.5) is 0 Å². The van der Waals surface area contributed by atoms with Crippen molar-refractivity contribution in [2.45, 2.75) is 0 Å². The molecule has 0 heterocycles. The van der Waals surface area contributed by atoms with E-state index in [0.717, 1.165) is 27.1 Å². The van der Waals surface area contributed by atoms with Crippen LogP contribution in [0.2, 0.25) is 5.02 Å². The van der Waals surface area contributed by atoms with E-state index >= 15 is 0 Å². The van der Waals surface area contributed by atoms with Crippen molar-refractivity contribution in [3.8, 4) is 11.1 Å². The summed E-state index contributed by atoms with van der Waals surface area (Å²) in [5.41, 5.74) is 4.99. The van der Waals surface area contributed by atoms with Crippen LogP contribution in [0.5, 0.6) is 0 Å². The molecule has 1 aliphatic rings. The second-order valence-corrected chi connectivity index (χ2v) is 6.28. The molecule has 0 fully saturated rings. The normalized spacial score (nSPS) is 12.7. The molecule has 110 valence electrons. The SMILES string of the molecule is O=C1c2ccccc2C(=S)c2c1cccc2-c1ccc(Cl)cc1. The number of ketones is 1. The molecule has 0 saturated heterocycles. The summed E-state index contributed by atoms with van der Waals surface area (Å²) < 4.78 is 0. The largest absolute Gasteiger partial charge is 0.289 e. The van der Waals surface area contributed by atoms with Crippen molar-refractivity contribution in [1.82, 2.24) is 0 Å². The highest BCUT2D eigenvalue weighted by Crippen LogP contribution is 2.35. The fourth-order valence-corrected chi connectivity index (χ4v) is 3.54. The number of halogens is 1. The lowest BCUT2D eigenvalue weighted by Gasteiger charge is -2.22. The van der Waals surface area contributed by atoms with E-state index in [0.29, 0.717) is 16.1 Å². The van der Waals surface area contributed by atoms with E-state index in [1.54, 1.807) is 0 Å². The summed E-state index contributed by atoms with van der Waals surface area (Å²) in [4.78, 5) is 13.5. The average molecular weight is 335 g/mol. The summed E-state index contributed by atoms with van der Waals surface area (Å²) in [6, 6.07) is 20.9. The maximum Gasteiger partial charge on any atom is 0.194 e. The Bertz CT molecular complexity index is 958. The summed E-state index contributed by atoms with van der Waals surface area (Å²) in [5.74, 6) is 0.0278. The van der Waals surface area contributed by atoms with Crippen LogP contribution in [0, 0.1) is 0 Å². The van der Waals surface area contributed by atoms with Gasteiger partial charge in [0.2, 0.25) is 0 Å². The van der Waals surface area contributed by atoms with Gasteiger partial charge in [0.25, 0.3) is 0 Å². The monoisotopic (exact) mass is 334 g/mol. The number of carbonyl (C=O) groups excluding carboxylic acids is 1. The predicted octanol–water partition coefficient (Wildman–Crippen LogP) is 5.32. The minimum Gasteiger partial charge on any atom is -0.289 e. The van der Waals surface area contributed by atoms with E-state index in [9.17, 15) is 4.79 Å². The van der Waals surface area contributed by atoms with Gasteiger partial charge in [-0.15, -0.1) is 0 Å². The Balaban J connectivity index is 1.99. The molecule has 23 heavy (non-hydrogen) atoms. The molecule has 0 aliphatic heterocycles. The second-order valence-electron chi connectivity index (χ2n) is 5.44. The van der Waals surface area contributed by atoms with E-state index in [-0.39, 0.29) is 5.78 Å². The lowest BCUT2D eigenvalue weighted by Crippen LogP contribution is -2.20. The van der Waals surface area contributed by atoms with Gasteiger partial charge < -0.3 is 0 Å². The minimum absolute atomic E-state index is 0.0278. The van der Waals surface area contributed by atoms with Crippen LogP contribution in [0.15, 0.2) is 66.7 Å². The Morgan fingerprint density at radius 3 is 2.04 bits per heavy atom. The van der Waals surface area contributed by atoms with Crippen LogP contribution in [0.1, 0.15) is 27.0 Å². The summed E-state index contributed by atoms with van der Waals surface area (Å²) >= 11 is 11.7. The van der Waals surface area contributed by atoms with Crippen molar-refractivity contribution in [1.29, 1.82) is 0 Å². The van der Waals surface area contributed by atoms with Gasteiger partial charge in [-0.3, -0.25) is 4.79 Å². The molecule has 0 saturated carbocycles. The quantitative estimate of drug-likeness (QED) is 0.438. The molecule has 0 radical (unpaired) electrons. The Hall–Kier alpha value is -2.29. The lowest BCUT2D eigenvalue weighted by atomic mass is 9.81. The third-order valence-corrected chi connectivity index (χ3v) is 4.78. The fourth-order valence-electron chi connectivity index (χ4n) is 3.02. The summed E-state index contributed by atoms with van der Waals surface area (Å²) in [6.07, 6.45) is 0. The molecule has 0 amide bonds. The van der Waals surface area contributed by atoms with Gasteiger partial charge in [0.1, 0.15) is 0 Å². The van der Waals surface area contributed by atoms with Crippen molar-refractivity contribution in [2.24, 2.45) is 0 Å². The number of hydrogen-bond donors (Lipinski definition) is 0. The molecule has 1 aliphatic carbocycles. The van der Waals surface area contributed by atoms with Crippen LogP contribution in [0.25, 0.3) is 11.1 Å². The predicted molar refractivity (Wildman–Crippen MR) is 97.6 cm³/mol. The van der Waals surface area contributed by atoms with Crippen molar-refractivity contribution in [2.75, 3.05) is 0 Å². The molecule has 0 unspecified atom stereocenters. The smallest absolute Gasteiger partial charge is 0.194 e. The second kappa shape index (κ2) is 5.41. The van der Waals surface area contributed by atoms with Gasteiger partial charge >= 0.3 is 0 Å². The summed E-state index contributed by atoms with van der Waals surface area (Å²) in [7, 11) is 0.